The predicted molar refractivity (Wildman–Crippen MR) is 57.4 cm³/mol. The lowest BCUT2D eigenvalue weighted by molar-refractivity contribution is 0.264. The number of benzene rings is 1. The number of hydrogen-bond donors (Lipinski definition) is 2. The van der Waals surface area contributed by atoms with Gasteiger partial charge in [-0.25, -0.2) is 4.39 Å². The van der Waals surface area contributed by atoms with Gasteiger partial charge in [0, 0.05) is 16.6 Å². The Labute approximate surface area is 93.3 Å². The average Bonchev–Trinajstić information content (AvgIpc) is 2.11. The smallest absolute Gasteiger partial charge is 0.127 e. The molecule has 0 spiro atoms. The van der Waals surface area contributed by atoms with Crippen LogP contribution < -0.4 is 5.73 Å². The van der Waals surface area contributed by atoms with Crippen molar-refractivity contribution in [3.63, 3.8) is 0 Å². The second kappa shape index (κ2) is 6.19. The van der Waals surface area contributed by atoms with Gasteiger partial charge >= 0.3 is 0 Å². The molecule has 0 bridgehead atoms. The minimum atomic E-state index is -0.464. The molecule has 2 nitrogen and oxygen atoms in total. The summed E-state index contributed by atoms with van der Waals surface area (Å²) in [6, 6.07) is 4.00. The molecule has 1 aromatic rings. The van der Waals surface area contributed by atoms with Crippen molar-refractivity contribution in [1.82, 2.24) is 0 Å². The van der Waals surface area contributed by atoms with Crippen LogP contribution in [0.25, 0.3) is 0 Å². The van der Waals surface area contributed by atoms with Crippen molar-refractivity contribution in [3.05, 3.63) is 34.6 Å². The molecule has 1 aromatic carbocycles. The first-order chi connectivity index (χ1) is 6.15. The molecule has 0 fully saturated rings. The molecule has 1 rings (SSSR count). The number of rotatable bonds is 3. The molecule has 0 aliphatic carbocycles. The Hall–Kier alpha value is -0.350. The lowest BCUT2D eigenvalue weighted by Crippen LogP contribution is -2.27. The molecule has 0 radical (unpaired) electrons. The van der Waals surface area contributed by atoms with Gasteiger partial charge in [0.05, 0.1) is 6.61 Å². The van der Waals surface area contributed by atoms with Crippen molar-refractivity contribution in [1.29, 1.82) is 0 Å². The second-order valence-electron chi connectivity index (χ2n) is 2.85. The van der Waals surface area contributed by atoms with Crippen LogP contribution in [0.15, 0.2) is 18.2 Å². The van der Waals surface area contributed by atoms with Gasteiger partial charge in [0.1, 0.15) is 5.82 Å². The van der Waals surface area contributed by atoms with E-state index in [1.54, 1.807) is 6.07 Å². The van der Waals surface area contributed by atoms with Crippen molar-refractivity contribution in [2.45, 2.75) is 12.5 Å². The molecular formula is C9H12Cl2FNO. The SMILES string of the molecule is Cl.NC(CO)Cc1c(F)cccc1Cl. The third-order valence-electron chi connectivity index (χ3n) is 1.76. The van der Waals surface area contributed by atoms with Gasteiger partial charge in [-0.05, 0) is 18.6 Å². The van der Waals surface area contributed by atoms with Crippen molar-refractivity contribution in [2.24, 2.45) is 5.73 Å². The number of halogens is 3. The third kappa shape index (κ3) is 3.42. The zero-order valence-corrected chi connectivity index (χ0v) is 8.98. The number of aliphatic hydroxyl groups is 1. The van der Waals surface area contributed by atoms with Crippen LogP contribution in [0, 0.1) is 5.82 Å². The molecule has 1 unspecified atom stereocenters. The van der Waals surface area contributed by atoms with Crippen LogP contribution >= 0.6 is 24.0 Å². The van der Waals surface area contributed by atoms with Gasteiger partial charge in [-0.3, -0.25) is 0 Å². The lowest BCUT2D eigenvalue weighted by Gasteiger charge is -2.10. The largest absolute Gasteiger partial charge is 0.395 e. The summed E-state index contributed by atoms with van der Waals surface area (Å²) in [5.41, 5.74) is 5.83. The van der Waals surface area contributed by atoms with Crippen LogP contribution in [0.3, 0.4) is 0 Å². The Morgan fingerprint density at radius 1 is 1.50 bits per heavy atom. The minimum Gasteiger partial charge on any atom is -0.395 e. The molecule has 0 aliphatic heterocycles. The molecule has 0 amide bonds. The first-order valence-corrected chi connectivity index (χ1v) is 4.32. The van der Waals surface area contributed by atoms with E-state index in [2.05, 4.69) is 0 Å². The van der Waals surface area contributed by atoms with E-state index in [-0.39, 0.29) is 31.3 Å². The summed E-state index contributed by atoms with van der Waals surface area (Å²) in [6.07, 6.45) is 0.252. The highest BCUT2D eigenvalue weighted by Gasteiger charge is 2.10. The van der Waals surface area contributed by atoms with E-state index in [0.717, 1.165) is 0 Å². The van der Waals surface area contributed by atoms with Gasteiger partial charge in [0.2, 0.25) is 0 Å². The molecule has 5 heteroatoms. The summed E-state index contributed by atoms with van der Waals surface area (Å²) in [4.78, 5) is 0. The number of hydrogen-bond acceptors (Lipinski definition) is 2. The van der Waals surface area contributed by atoms with Crippen molar-refractivity contribution in [3.8, 4) is 0 Å². The first-order valence-electron chi connectivity index (χ1n) is 3.94. The third-order valence-corrected chi connectivity index (χ3v) is 2.12. The molecule has 0 aliphatic rings. The summed E-state index contributed by atoms with van der Waals surface area (Å²) < 4.78 is 13.1. The molecular weight excluding hydrogens is 228 g/mol. The Morgan fingerprint density at radius 3 is 2.64 bits per heavy atom. The van der Waals surface area contributed by atoms with Crippen molar-refractivity contribution < 1.29 is 9.50 Å². The van der Waals surface area contributed by atoms with E-state index >= 15 is 0 Å². The fourth-order valence-electron chi connectivity index (χ4n) is 1.05. The Bertz CT molecular complexity index is 276. The zero-order valence-electron chi connectivity index (χ0n) is 7.41. The van der Waals surface area contributed by atoms with E-state index in [9.17, 15) is 4.39 Å². The zero-order chi connectivity index (χ0) is 9.84. The van der Waals surface area contributed by atoms with Gasteiger partial charge in [-0.2, -0.15) is 0 Å². The van der Waals surface area contributed by atoms with Crippen LogP contribution in [0.5, 0.6) is 0 Å². The summed E-state index contributed by atoms with van der Waals surface area (Å²) in [7, 11) is 0. The van der Waals surface area contributed by atoms with Crippen molar-refractivity contribution >= 4 is 24.0 Å². The predicted octanol–water partition coefficient (Wildman–Crippen LogP) is 1.76. The van der Waals surface area contributed by atoms with E-state index in [4.69, 9.17) is 22.4 Å². The summed E-state index contributed by atoms with van der Waals surface area (Å²) in [5, 5.41) is 9.04. The van der Waals surface area contributed by atoms with Crippen LogP contribution in [-0.2, 0) is 6.42 Å². The van der Waals surface area contributed by atoms with Gasteiger partial charge < -0.3 is 10.8 Å². The second-order valence-corrected chi connectivity index (χ2v) is 3.25. The summed E-state index contributed by atoms with van der Waals surface area (Å²) in [5.74, 6) is -0.378. The molecule has 0 heterocycles. The fraction of sp³-hybridized carbons (Fsp3) is 0.333. The number of aliphatic hydroxyl groups excluding tert-OH is 1. The van der Waals surface area contributed by atoms with E-state index < -0.39 is 6.04 Å². The highest BCUT2D eigenvalue weighted by molar-refractivity contribution is 6.31. The van der Waals surface area contributed by atoms with Crippen LogP contribution in [-0.4, -0.2) is 17.8 Å². The summed E-state index contributed by atoms with van der Waals surface area (Å²) >= 11 is 5.75. The van der Waals surface area contributed by atoms with E-state index in [1.807, 2.05) is 0 Å². The van der Waals surface area contributed by atoms with Crippen LogP contribution in [0.4, 0.5) is 4.39 Å². The molecule has 3 N–H and O–H groups in total. The van der Waals surface area contributed by atoms with Gasteiger partial charge in [-0.1, -0.05) is 17.7 Å². The topological polar surface area (TPSA) is 46.2 Å². The normalized spacial score (nSPS) is 12.0. The Balaban J connectivity index is 0.00000169. The average molecular weight is 240 g/mol. The Morgan fingerprint density at radius 2 is 2.14 bits per heavy atom. The fourth-order valence-corrected chi connectivity index (χ4v) is 1.29. The van der Waals surface area contributed by atoms with Gasteiger partial charge in [-0.15, -0.1) is 12.4 Å². The maximum Gasteiger partial charge on any atom is 0.127 e. The van der Waals surface area contributed by atoms with Crippen LogP contribution in [0.1, 0.15) is 5.56 Å². The molecule has 0 saturated heterocycles. The van der Waals surface area contributed by atoms with Gasteiger partial charge in [0.25, 0.3) is 0 Å². The molecule has 0 aromatic heterocycles. The summed E-state index contributed by atoms with van der Waals surface area (Å²) in [6.45, 7) is -0.176. The molecule has 1 atom stereocenters. The van der Waals surface area contributed by atoms with Gasteiger partial charge in [0.15, 0.2) is 0 Å². The monoisotopic (exact) mass is 239 g/mol. The molecule has 14 heavy (non-hydrogen) atoms. The maximum atomic E-state index is 13.1. The Kier molecular flexibility index (Phi) is 6.04. The standard InChI is InChI=1S/C9H11ClFNO.ClH/c10-8-2-1-3-9(11)7(8)4-6(12)5-13;/h1-3,6,13H,4-5,12H2;1H. The van der Waals surface area contributed by atoms with Crippen molar-refractivity contribution in [2.75, 3.05) is 6.61 Å². The highest BCUT2D eigenvalue weighted by atomic mass is 35.5. The number of nitrogens with two attached hydrogens (primary N) is 1. The maximum absolute atomic E-state index is 13.1. The molecule has 0 saturated carbocycles. The lowest BCUT2D eigenvalue weighted by atomic mass is 10.1. The van der Waals surface area contributed by atoms with E-state index in [0.29, 0.717) is 10.6 Å². The van der Waals surface area contributed by atoms with E-state index in [1.165, 1.54) is 12.1 Å². The highest BCUT2D eigenvalue weighted by Crippen LogP contribution is 2.19. The van der Waals surface area contributed by atoms with Crippen LogP contribution in [0.2, 0.25) is 5.02 Å². The quantitative estimate of drug-likeness (QED) is 0.845. The molecule has 80 valence electrons. The first kappa shape index (κ1) is 13.7. The minimum absolute atomic E-state index is 0.